The summed E-state index contributed by atoms with van der Waals surface area (Å²) in [6.07, 6.45) is 4.54. The predicted octanol–water partition coefficient (Wildman–Crippen LogP) is 3.79. The number of benzene rings is 1. The van der Waals surface area contributed by atoms with Gasteiger partial charge in [0.05, 0.1) is 44.1 Å². The van der Waals surface area contributed by atoms with Crippen molar-refractivity contribution >= 4 is 28.9 Å². The van der Waals surface area contributed by atoms with E-state index in [0.717, 1.165) is 61.5 Å². The molecule has 2 fully saturated rings. The van der Waals surface area contributed by atoms with Crippen molar-refractivity contribution in [2.45, 2.75) is 38.1 Å². The molecule has 1 aromatic carbocycles. The Morgan fingerprint density at radius 2 is 1.87 bits per heavy atom. The normalized spacial score (nSPS) is 20.2. The first-order valence-electron chi connectivity index (χ1n) is 13.8. The van der Waals surface area contributed by atoms with Crippen LogP contribution in [0.15, 0.2) is 40.8 Å². The van der Waals surface area contributed by atoms with Gasteiger partial charge in [0.25, 0.3) is 5.91 Å². The number of carbonyl (C=O) groups excluding carboxylic acids is 2. The van der Waals surface area contributed by atoms with E-state index >= 15 is 0 Å². The zero-order chi connectivity index (χ0) is 27.2. The number of carbonyl (C=O) groups is 2. The summed E-state index contributed by atoms with van der Waals surface area (Å²) < 4.78 is 16.4. The van der Waals surface area contributed by atoms with E-state index in [1.807, 2.05) is 35.7 Å². The summed E-state index contributed by atoms with van der Waals surface area (Å²) in [6, 6.07) is 9.46. The molecule has 0 unspecified atom stereocenters. The lowest BCUT2D eigenvalue weighted by Gasteiger charge is -2.32. The molecule has 10 heteroatoms. The van der Waals surface area contributed by atoms with Crippen molar-refractivity contribution in [1.82, 2.24) is 14.8 Å². The Hall–Kier alpha value is -2.95. The molecule has 1 aliphatic carbocycles. The van der Waals surface area contributed by atoms with Crippen LogP contribution in [0.3, 0.4) is 0 Å². The molecule has 2 aromatic rings. The highest BCUT2D eigenvalue weighted by Gasteiger charge is 2.36. The molecule has 1 saturated heterocycles. The number of amides is 2. The van der Waals surface area contributed by atoms with Crippen LogP contribution in [0.5, 0.6) is 11.5 Å². The van der Waals surface area contributed by atoms with E-state index in [1.54, 1.807) is 35.5 Å². The molecular weight excluding hydrogens is 516 g/mol. The quantitative estimate of drug-likeness (QED) is 0.444. The van der Waals surface area contributed by atoms with Gasteiger partial charge < -0.3 is 19.1 Å². The first kappa shape index (κ1) is 27.6. The molecule has 0 spiro atoms. The summed E-state index contributed by atoms with van der Waals surface area (Å²) in [5.41, 5.74) is 1.79. The zero-order valence-corrected chi connectivity index (χ0v) is 23.7. The van der Waals surface area contributed by atoms with E-state index in [0.29, 0.717) is 37.7 Å². The van der Waals surface area contributed by atoms with Gasteiger partial charge in [0.15, 0.2) is 11.5 Å². The zero-order valence-electron chi connectivity index (χ0n) is 22.8. The lowest BCUT2D eigenvalue weighted by atomic mass is 10.0. The average molecular weight is 555 g/mol. The fourth-order valence-electron chi connectivity index (χ4n) is 5.67. The summed E-state index contributed by atoms with van der Waals surface area (Å²) in [4.78, 5) is 32.6. The lowest BCUT2D eigenvalue weighted by Crippen LogP contribution is -2.47. The van der Waals surface area contributed by atoms with Gasteiger partial charge in [-0.2, -0.15) is 5.10 Å². The molecule has 2 aliphatic heterocycles. The number of thiophene rings is 1. The molecule has 0 radical (unpaired) electrons. The van der Waals surface area contributed by atoms with E-state index in [2.05, 4.69) is 4.90 Å². The summed E-state index contributed by atoms with van der Waals surface area (Å²) in [6.45, 7) is 4.38. The Balaban J connectivity index is 1.38. The minimum absolute atomic E-state index is 0.00731. The molecule has 1 saturated carbocycles. The second-order valence-electron chi connectivity index (χ2n) is 10.3. The maximum absolute atomic E-state index is 13.9. The van der Waals surface area contributed by atoms with Crippen LogP contribution >= 0.6 is 11.3 Å². The molecule has 3 heterocycles. The Bertz CT molecular complexity index is 1160. The number of hydrogen-bond acceptors (Lipinski definition) is 8. The minimum Gasteiger partial charge on any atom is -0.493 e. The average Bonchev–Trinajstić information content (AvgIpc) is 3.77. The summed E-state index contributed by atoms with van der Waals surface area (Å²) in [5.74, 6) is 1.17. The van der Waals surface area contributed by atoms with Gasteiger partial charge in [0.2, 0.25) is 5.91 Å². The number of methoxy groups -OCH3 is 2. The molecule has 3 aliphatic rings. The number of morpholine rings is 1. The first-order valence-corrected chi connectivity index (χ1v) is 14.7. The van der Waals surface area contributed by atoms with Crippen LogP contribution in [-0.4, -0.2) is 92.5 Å². The topological polar surface area (TPSA) is 83.9 Å². The number of hydrogen-bond donors (Lipinski definition) is 0. The molecule has 2 amide bonds. The Morgan fingerprint density at radius 1 is 1.10 bits per heavy atom. The van der Waals surface area contributed by atoms with Crippen LogP contribution in [0.25, 0.3) is 0 Å². The van der Waals surface area contributed by atoms with Crippen molar-refractivity contribution in [3.05, 3.63) is 46.2 Å². The van der Waals surface area contributed by atoms with Crippen LogP contribution in [0.2, 0.25) is 0 Å². The molecule has 1 aromatic heterocycles. The Labute approximate surface area is 234 Å². The summed E-state index contributed by atoms with van der Waals surface area (Å²) in [7, 11) is 3.21. The van der Waals surface area contributed by atoms with Gasteiger partial charge in [0.1, 0.15) is 6.54 Å². The number of ether oxygens (including phenoxy) is 3. The SMILES string of the molecule is COc1ccc([C@H]2CC(c3cccs3)=NN2C(=O)CN(CCN2CCOCC2)C(=O)C2CCCC2)cc1OC. The standard InChI is InChI=1S/C29H38N4O5S/c1-36-25-10-9-22(18-26(25)37-2)24-19-23(27-8-5-17-39-27)30-33(24)28(34)20-32(29(35)21-6-3-4-7-21)12-11-31-13-15-38-16-14-31/h5,8-10,17-18,21,24H,3-4,6-7,11-16,19-20H2,1-2H3/t24-/m1/s1. The third-order valence-corrected chi connectivity index (χ3v) is 8.81. The molecular formula is C29H38N4O5S. The van der Waals surface area contributed by atoms with Crippen LogP contribution in [-0.2, 0) is 14.3 Å². The highest BCUT2D eigenvalue weighted by molar-refractivity contribution is 7.12. The summed E-state index contributed by atoms with van der Waals surface area (Å²) >= 11 is 1.61. The predicted molar refractivity (Wildman–Crippen MR) is 150 cm³/mol. The molecule has 9 nitrogen and oxygen atoms in total. The molecule has 1 atom stereocenters. The van der Waals surface area contributed by atoms with Gasteiger partial charge in [-0.3, -0.25) is 14.5 Å². The van der Waals surface area contributed by atoms with Gasteiger partial charge in [0, 0.05) is 38.5 Å². The second-order valence-corrected chi connectivity index (χ2v) is 11.2. The fourth-order valence-corrected chi connectivity index (χ4v) is 6.39. The van der Waals surface area contributed by atoms with Crippen LogP contribution in [0, 0.1) is 5.92 Å². The maximum Gasteiger partial charge on any atom is 0.262 e. The van der Waals surface area contributed by atoms with Crippen molar-refractivity contribution in [2.75, 3.05) is 60.2 Å². The Morgan fingerprint density at radius 3 is 2.56 bits per heavy atom. The molecule has 0 N–H and O–H groups in total. The van der Waals surface area contributed by atoms with Gasteiger partial charge in [-0.15, -0.1) is 11.3 Å². The maximum atomic E-state index is 13.9. The first-order chi connectivity index (χ1) is 19.1. The highest BCUT2D eigenvalue weighted by atomic mass is 32.1. The molecule has 39 heavy (non-hydrogen) atoms. The van der Waals surface area contributed by atoms with Crippen molar-refractivity contribution < 1.29 is 23.8 Å². The Kier molecular flexibility index (Phi) is 9.16. The van der Waals surface area contributed by atoms with Gasteiger partial charge in [-0.25, -0.2) is 5.01 Å². The van der Waals surface area contributed by atoms with Crippen LogP contribution < -0.4 is 9.47 Å². The third-order valence-electron chi connectivity index (χ3n) is 7.90. The van der Waals surface area contributed by atoms with Gasteiger partial charge in [-0.05, 0) is 42.0 Å². The summed E-state index contributed by atoms with van der Waals surface area (Å²) in [5, 5.41) is 8.42. The van der Waals surface area contributed by atoms with Crippen molar-refractivity contribution in [3.63, 3.8) is 0 Å². The van der Waals surface area contributed by atoms with E-state index in [1.165, 1.54) is 0 Å². The monoisotopic (exact) mass is 554 g/mol. The number of rotatable bonds is 10. The van der Waals surface area contributed by atoms with E-state index in [-0.39, 0.29) is 30.3 Å². The van der Waals surface area contributed by atoms with Crippen molar-refractivity contribution in [2.24, 2.45) is 11.0 Å². The molecule has 0 bridgehead atoms. The third kappa shape index (κ3) is 6.45. The lowest BCUT2D eigenvalue weighted by molar-refractivity contribution is -0.144. The van der Waals surface area contributed by atoms with E-state index in [9.17, 15) is 9.59 Å². The highest BCUT2D eigenvalue weighted by Crippen LogP contribution is 2.38. The minimum atomic E-state index is -0.294. The number of nitrogens with zero attached hydrogens (tertiary/aromatic N) is 4. The second kappa shape index (κ2) is 12.9. The van der Waals surface area contributed by atoms with Crippen LogP contribution in [0.1, 0.15) is 48.6 Å². The fraction of sp³-hybridized carbons (Fsp3) is 0.552. The number of hydrazone groups is 1. The molecule has 210 valence electrons. The van der Waals surface area contributed by atoms with Crippen LogP contribution in [0.4, 0.5) is 0 Å². The van der Waals surface area contributed by atoms with E-state index in [4.69, 9.17) is 19.3 Å². The van der Waals surface area contributed by atoms with Gasteiger partial charge in [-0.1, -0.05) is 25.0 Å². The van der Waals surface area contributed by atoms with Crippen molar-refractivity contribution in [1.29, 1.82) is 0 Å². The molecule has 5 rings (SSSR count). The smallest absolute Gasteiger partial charge is 0.262 e. The van der Waals surface area contributed by atoms with E-state index < -0.39 is 0 Å². The van der Waals surface area contributed by atoms with Crippen molar-refractivity contribution in [3.8, 4) is 11.5 Å². The van der Waals surface area contributed by atoms with Gasteiger partial charge >= 0.3 is 0 Å². The largest absolute Gasteiger partial charge is 0.493 e.